The van der Waals surface area contributed by atoms with Crippen LogP contribution < -0.4 is 10.2 Å². The second-order valence-corrected chi connectivity index (χ2v) is 5.72. The number of anilines is 1. The van der Waals surface area contributed by atoms with Gasteiger partial charge in [-0.15, -0.1) is 0 Å². The molecule has 0 saturated carbocycles. The third kappa shape index (κ3) is 4.97. The van der Waals surface area contributed by atoms with E-state index in [2.05, 4.69) is 25.1 Å². The Balaban J connectivity index is 1.88. The molecule has 0 spiro atoms. The van der Waals surface area contributed by atoms with Gasteiger partial charge in [-0.2, -0.15) is 0 Å². The summed E-state index contributed by atoms with van der Waals surface area (Å²) in [7, 11) is 4.05. The zero-order chi connectivity index (χ0) is 15.1. The molecule has 2 heterocycles. The number of nitrogens with one attached hydrogen (secondary N) is 1. The van der Waals surface area contributed by atoms with E-state index in [-0.39, 0.29) is 5.91 Å². The zero-order valence-corrected chi connectivity index (χ0v) is 13.0. The van der Waals surface area contributed by atoms with Gasteiger partial charge in [-0.1, -0.05) is 0 Å². The molecule has 1 N–H and O–H groups in total. The summed E-state index contributed by atoms with van der Waals surface area (Å²) < 4.78 is 0. The first kappa shape index (κ1) is 15.7. The van der Waals surface area contributed by atoms with Crippen LogP contribution in [0.25, 0.3) is 0 Å². The lowest BCUT2D eigenvalue weighted by Gasteiger charge is -2.27. The maximum Gasteiger partial charge on any atom is 0.270 e. The Morgan fingerprint density at radius 3 is 2.76 bits per heavy atom. The summed E-state index contributed by atoms with van der Waals surface area (Å²) in [6, 6.07) is 1.80. The molecule has 1 amide bonds. The van der Waals surface area contributed by atoms with Crippen LogP contribution in [0.2, 0.25) is 0 Å². The van der Waals surface area contributed by atoms with Gasteiger partial charge >= 0.3 is 0 Å². The van der Waals surface area contributed by atoms with Gasteiger partial charge in [-0.3, -0.25) is 4.79 Å². The van der Waals surface area contributed by atoms with Gasteiger partial charge in [0.2, 0.25) is 0 Å². The number of piperidine rings is 1. The number of rotatable bonds is 6. The molecule has 0 bridgehead atoms. The summed E-state index contributed by atoms with van der Waals surface area (Å²) >= 11 is 0. The number of hydrogen-bond donors (Lipinski definition) is 1. The van der Waals surface area contributed by atoms with Gasteiger partial charge in [-0.05, 0) is 46.3 Å². The van der Waals surface area contributed by atoms with Crippen molar-refractivity contribution in [3.05, 3.63) is 18.1 Å². The van der Waals surface area contributed by atoms with Crippen molar-refractivity contribution in [2.45, 2.75) is 25.7 Å². The van der Waals surface area contributed by atoms with Crippen LogP contribution in [0.4, 0.5) is 5.82 Å². The maximum absolute atomic E-state index is 12.1. The van der Waals surface area contributed by atoms with Gasteiger partial charge in [-0.25, -0.2) is 9.97 Å². The molecule has 21 heavy (non-hydrogen) atoms. The topological polar surface area (TPSA) is 61.4 Å². The Bertz CT molecular complexity index is 457. The molecule has 6 heteroatoms. The maximum atomic E-state index is 12.1. The highest BCUT2D eigenvalue weighted by Crippen LogP contribution is 2.17. The molecule has 1 aromatic rings. The minimum absolute atomic E-state index is 0.116. The van der Waals surface area contributed by atoms with Crippen LogP contribution in [0.15, 0.2) is 12.4 Å². The van der Waals surface area contributed by atoms with Crippen LogP contribution in [-0.4, -0.2) is 61.0 Å². The molecule has 1 aliphatic heterocycles. The molecule has 2 rings (SSSR count). The Morgan fingerprint density at radius 2 is 2.05 bits per heavy atom. The Hall–Kier alpha value is -1.69. The molecule has 0 atom stereocenters. The molecule has 0 radical (unpaired) electrons. The van der Waals surface area contributed by atoms with Crippen molar-refractivity contribution in [1.29, 1.82) is 0 Å². The first-order valence-electron chi connectivity index (χ1n) is 7.67. The largest absolute Gasteiger partial charge is 0.357 e. The highest BCUT2D eigenvalue weighted by Gasteiger charge is 2.14. The van der Waals surface area contributed by atoms with Crippen LogP contribution in [0.3, 0.4) is 0 Å². The average Bonchev–Trinajstić information content (AvgIpc) is 2.52. The van der Waals surface area contributed by atoms with Gasteiger partial charge in [0.05, 0.1) is 0 Å². The minimum atomic E-state index is -0.116. The fraction of sp³-hybridized carbons (Fsp3) is 0.667. The number of amides is 1. The summed E-state index contributed by atoms with van der Waals surface area (Å²) in [6.07, 6.45) is 6.08. The Morgan fingerprint density at radius 1 is 1.29 bits per heavy atom. The van der Waals surface area contributed by atoms with Crippen molar-refractivity contribution >= 4 is 11.7 Å². The third-order valence-corrected chi connectivity index (χ3v) is 3.63. The predicted molar refractivity (Wildman–Crippen MR) is 83.6 cm³/mol. The van der Waals surface area contributed by atoms with Crippen LogP contribution in [0.1, 0.15) is 36.2 Å². The van der Waals surface area contributed by atoms with Gasteiger partial charge in [0.1, 0.15) is 17.8 Å². The molecule has 0 unspecified atom stereocenters. The van der Waals surface area contributed by atoms with Crippen LogP contribution in [0.5, 0.6) is 0 Å². The molecule has 0 aromatic carbocycles. The van der Waals surface area contributed by atoms with E-state index < -0.39 is 0 Å². The summed E-state index contributed by atoms with van der Waals surface area (Å²) in [5, 5.41) is 2.91. The van der Waals surface area contributed by atoms with E-state index in [4.69, 9.17) is 0 Å². The van der Waals surface area contributed by atoms with E-state index in [1.807, 2.05) is 14.1 Å². The first-order chi connectivity index (χ1) is 10.2. The van der Waals surface area contributed by atoms with E-state index >= 15 is 0 Å². The molecule has 0 aliphatic carbocycles. The molecule has 116 valence electrons. The van der Waals surface area contributed by atoms with Gasteiger partial charge < -0.3 is 15.1 Å². The lowest BCUT2D eigenvalue weighted by molar-refractivity contribution is 0.0947. The molecule has 6 nitrogen and oxygen atoms in total. The predicted octanol–water partition coefficient (Wildman–Crippen LogP) is 1.15. The molecular weight excluding hydrogens is 266 g/mol. The average molecular weight is 291 g/mol. The smallest absolute Gasteiger partial charge is 0.270 e. The molecule has 1 aromatic heterocycles. The summed E-state index contributed by atoms with van der Waals surface area (Å²) in [5.41, 5.74) is 0.454. The van der Waals surface area contributed by atoms with Gasteiger partial charge in [0.25, 0.3) is 5.91 Å². The van der Waals surface area contributed by atoms with E-state index in [9.17, 15) is 4.79 Å². The number of carbonyl (C=O) groups excluding carboxylic acids is 1. The standard InChI is InChI=1S/C15H25N5O/c1-19(2)8-6-7-16-15(21)13-11-14(18-12-17-13)20-9-4-3-5-10-20/h11-12H,3-10H2,1-2H3,(H,16,21). The Labute approximate surface area is 126 Å². The molecule has 1 saturated heterocycles. The number of aromatic nitrogens is 2. The monoisotopic (exact) mass is 291 g/mol. The van der Waals surface area contributed by atoms with Crippen LogP contribution >= 0.6 is 0 Å². The first-order valence-corrected chi connectivity index (χ1v) is 7.67. The second kappa shape index (κ2) is 7.93. The van der Waals surface area contributed by atoms with Gasteiger partial charge in [0, 0.05) is 25.7 Å². The lowest BCUT2D eigenvalue weighted by atomic mass is 10.1. The normalized spacial score (nSPS) is 15.3. The van der Waals surface area contributed by atoms with E-state index in [0.717, 1.165) is 31.9 Å². The third-order valence-electron chi connectivity index (χ3n) is 3.63. The quantitative estimate of drug-likeness (QED) is 0.797. The van der Waals surface area contributed by atoms with E-state index in [1.54, 1.807) is 6.07 Å². The van der Waals surface area contributed by atoms with Crippen molar-refractivity contribution < 1.29 is 4.79 Å². The van der Waals surface area contributed by atoms with Crippen molar-refractivity contribution in [3.8, 4) is 0 Å². The fourth-order valence-corrected chi connectivity index (χ4v) is 2.45. The number of nitrogens with zero attached hydrogens (tertiary/aromatic N) is 4. The fourth-order valence-electron chi connectivity index (χ4n) is 2.45. The van der Waals surface area contributed by atoms with Crippen molar-refractivity contribution in [2.24, 2.45) is 0 Å². The lowest BCUT2D eigenvalue weighted by Crippen LogP contribution is -2.31. The number of carbonyl (C=O) groups is 1. The molecule has 1 aliphatic rings. The highest BCUT2D eigenvalue weighted by atomic mass is 16.1. The van der Waals surface area contributed by atoms with E-state index in [1.165, 1.54) is 25.6 Å². The van der Waals surface area contributed by atoms with Crippen molar-refractivity contribution in [1.82, 2.24) is 20.2 Å². The second-order valence-electron chi connectivity index (χ2n) is 5.72. The highest BCUT2D eigenvalue weighted by molar-refractivity contribution is 5.92. The molecular formula is C15H25N5O. The van der Waals surface area contributed by atoms with Crippen LogP contribution in [0, 0.1) is 0 Å². The van der Waals surface area contributed by atoms with Crippen molar-refractivity contribution in [3.63, 3.8) is 0 Å². The summed E-state index contributed by atoms with van der Waals surface area (Å²) in [5.74, 6) is 0.748. The van der Waals surface area contributed by atoms with Gasteiger partial charge in [0.15, 0.2) is 0 Å². The summed E-state index contributed by atoms with van der Waals surface area (Å²) in [6.45, 7) is 3.66. The Kier molecular flexibility index (Phi) is 5.92. The summed E-state index contributed by atoms with van der Waals surface area (Å²) in [4.78, 5) is 24.8. The SMILES string of the molecule is CN(C)CCCNC(=O)c1cc(N2CCCCC2)ncn1. The van der Waals surface area contributed by atoms with Crippen LogP contribution in [-0.2, 0) is 0 Å². The number of hydrogen-bond acceptors (Lipinski definition) is 5. The van der Waals surface area contributed by atoms with E-state index in [0.29, 0.717) is 12.2 Å². The van der Waals surface area contributed by atoms with Crippen molar-refractivity contribution in [2.75, 3.05) is 45.2 Å². The zero-order valence-electron chi connectivity index (χ0n) is 13.0. The minimum Gasteiger partial charge on any atom is -0.357 e. The molecule has 1 fully saturated rings.